The minimum Gasteiger partial charge on any atom is -0.327 e. The van der Waals surface area contributed by atoms with Crippen molar-refractivity contribution >= 4 is 0 Å². The van der Waals surface area contributed by atoms with Crippen LogP contribution in [0.4, 0.5) is 0 Å². The fraction of sp³-hybridized carbons (Fsp3) is 1.00. The topological polar surface area (TPSA) is 26.0 Å². The van der Waals surface area contributed by atoms with Crippen molar-refractivity contribution in [1.29, 1.82) is 0 Å². The zero-order valence-corrected chi connectivity index (χ0v) is 12.8. The largest absolute Gasteiger partial charge is 0.327 e. The Morgan fingerprint density at radius 1 is 0.889 bits per heavy atom. The van der Waals surface area contributed by atoms with Crippen LogP contribution in [0.2, 0.25) is 0 Å². The number of nitrogens with two attached hydrogens (primary N) is 1. The molecule has 0 radical (unpaired) electrons. The van der Waals surface area contributed by atoms with Gasteiger partial charge in [0.05, 0.1) is 0 Å². The maximum absolute atomic E-state index is 6.36. The molecule has 0 saturated heterocycles. The van der Waals surface area contributed by atoms with E-state index < -0.39 is 0 Å². The van der Waals surface area contributed by atoms with E-state index in [1.165, 1.54) is 77.0 Å². The molecule has 1 aliphatic rings. The molecule has 0 aromatic carbocycles. The summed E-state index contributed by atoms with van der Waals surface area (Å²) in [5.74, 6) is 1.79. The van der Waals surface area contributed by atoms with Crippen molar-refractivity contribution in [3.8, 4) is 0 Å². The molecule has 0 heterocycles. The van der Waals surface area contributed by atoms with Crippen LogP contribution < -0.4 is 5.73 Å². The molecule has 1 heteroatoms. The first kappa shape index (κ1) is 16.0. The molecule has 0 aliphatic heterocycles. The zero-order valence-electron chi connectivity index (χ0n) is 12.8. The van der Waals surface area contributed by atoms with E-state index in [4.69, 9.17) is 5.73 Å². The van der Waals surface area contributed by atoms with E-state index in [9.17, 15) is 0 Å². The molecule has 18 heavy (non-hydrogen) atoms. The van der Waals surface area contributed by atoms with Crippen LogP contribution >= 0.6 is 0 Å². The first-order valence-electron chi connectivity index (χ1n) is 8.49. The van der Waals surface area contributed by atoms with Crippen LogP contribution in [0, 0.1) is 11.8 Å². The third-order valence-electron chi connectivity index (χ3n) is 4.81. The second-order valence-corrected chi connectivity index (χ2v) is 6.59. The maximum Gasteiger partial charge on any atom is 0.00671 e. The fourth-order valence-electron chi connectivity index (χ4n) is 3.29. The highest BCUT2D eigenvalue weighted by atomic mass is 14.6. The Bertz CT molecular complexity index is 182. The monoisotopic (exact) mass is 253 g/mol. The van der Waals surface area contributed by atoms with Gasteiger partial charge in [-0.15, -0.1) is 0 Å². The second kappa shape index (κ2) is 9.83. The Kier molecular flexibility index (Phi) is 8.75. The minimum atomic E-state index is 0.494. The van der Waals surface area contributed by atoms with Crippen molar-refractivity contribution in [3.05, 3.63) is 0 Å². The Morgan fingerprint density at radius 3 is 2.06 bits per heavy atom. The SMILES string of the molecule is CCCCCCCCCC(N)C1CCC(C)CC1. The van der Waals surface area contributed by atoms with Gasteiger partial charge < -0.3 is 5.73 Å². The molecule has 1 saturated carbocycles. The van der Waals surface area contributed by atoms with Crippen LogP contribution in [0.5, 0.6) is 0 Å². The van der Waals surface area contributed by atoms with E-state index in [2.05, 4.69) is 13.8 Å². The van der Waals surface area contributed by atoms with Gasteiger partial charge in [-0.2, -0.15) is 0 Å². The number of hydrogen-bond donors (Lipinski definition) is 1. The lowest BCUT2D eigenvalue weighted by Crippen LogP contribution is -2.32. The molecule has 108 valence electrons. The van der Waals surface area contributed by atoms with Crippen molar-refractivity contribution in [2.24, 2.45) is 17.6 Å². The molecule has 0 aromatic rings. The fourth-order valence-corrected chi connectivity index (χ4v) is 3.29. The highest BCUT2D eigenvalue weighted by Crippen LogP contribution is 2.31. The molecule has 1 unspecified atom stereocenters. The average Bonchev–Trinajstić information content (AvgIpc) is 2.38. The summed E-state index contributed by atoms with van der Waals surface area (Å²) in [6, 6.07) is 0.494. The summed E-state index contributed by atoms with van der Waals surface area (Å²) in [6.45, 7) is 4.67. The minimum absolute atomic E-state index is 0.494. The van der Waals surface area contributed by atoms with E-state index in [1.54, 1.807) is 0 Å². The van der Waals surface area contributed by atoms with E-state index in [1.807, 2.05) is 0 Å². The molecule has 1 atom stereocenters. The van der Waals surface area contributed by atoms with Gasteiger partial charge in [0.1, 0.15) is 0 Å². The average molecular weight is 253 g/mol. The molecule has 0 bridgehead atoms. The van der Waals surface area contributed by atoms with Crippen LogP contribution in [-0.2, 0) is 0 Å². The lowest BCUT2D eigenvalue weighted by atomic mass is 9.78. The van der Waals surface area contributed by atoms with E-state index in [0.717, 1.165) is 11.8 Å². The van der Waals surface area contributed by atoms with Crippen LogP contribution in [0.25, 0.3) is 0 Å². The van der Waals surface area contributed by atoms with E-state index in [0.29, 0.717) is 6.04 Å². The third-order valence-corrected chi connectivity index (χ3v) is 4.81. The summed E-state index contributed by atoms with van der Waals surface area (Å²) in [5, 5.41) is 0. The molecular formula is C17H35N. The summed E-state index contributed by atoms with van der Waals surface area (Å²) >= 11 is 0. The highest BCUT2D eigenvalue weighted by molar-refractivity contribution is 4.78. The third kappa shape index (κ3) is 6.78. The molecule has 1 aliphatic carbocycles. The van der Waals surface area contributed by atoms with Gasteiger partial charge in [-0.25, -0.2) is 0 Å². The molecule has 2 N–H and O–H groups in total. The summed E-state index contributed by atoms with van der Waals surface area (Å²) < 4.78 is 0. The molecule has 0 aromatic heterocycles. The maximum atomic E-state index is 6.36. The van der Waals surface area contributed by atoms with Gasteiger partial charge in [0, 0.05) is 6.04 Å². The second-order valence-electron chi connectivity index (χ2n) is 6.59. The van der Waals surface area contributed by atoms with Gasteiger partial charge in [-0.1, -0.05) is 71.6 Å². The van der Waals surface area contributed by atoms with E-state index in [-0.39, 0.29) is 0 Å². The van der Waals surface area contributed by atoms with Crippen molar-refractivity contribution < 1.29 is 0 Å². The van der Waals surface area contributed by atoms with Crippen LogP contribution in [-0.4, -0.2) is 6.04 Å². The van der Waals surface area contributed by atoms with Crippen molar-refractivity contribution in [1.82, 2.24) is 0 Å². The molecular weight excluding hydrogens is 218 g/mol. The molecule has 1 fully saturated rings. The van der Waals surface area contributed by atoms with Crippen LogP contribution in [0.1, 0.15) is 90.9 Å². The quantitative estimate of drug-likeness (QED) is 0.556. The Hall–Kier alpha value is -0.0400. The number of unbranched alkanes of at least 4 members (excludes halogenated alkanes) is 6. The standard InChI is InChI=1S/C17H35N/c1-3-4-5-6-7-8-9-10-17(18)16-13-11-15(2)12-14-16/h15-17H,3-14,18H2,1-2H3. The van der Waals surface area contributed by atoms with Crippen molar-refractivity contribution in [3.63, 3.8) is 0 Å². The van der Waals surface area contributed by atoms with Gasteiger partial charge in [-0.05, 0) is 31.1 Å². The Morgan fingerprint density at radius 2 is 1.44 bits per heavy atom. The molecule has 0 amide bonds. The first-order chi connectivity index (χ1) is 8.74. The lowest BCUT2D eigenvalue weighted by Gasteiger charge is -2.30. The normalized spacial score (nSPS) is 26.2. The van der Waals surface area contributed by atoms with Crippen LogP contribution in [0.15, 0.2) is 0 Å². The van der Waals surface area contributed by atoms with Crippen LogP contribution in [0.3, 0.4) is 0 Å². The number of rotatable bonds is 9. The molecule has 0 spiro atoms. The number of hydrogen-bond acceptors (Lipinski definition) is 1. The highest BCUT2D eigenvalue weighted by Gasteiger charge is 2.22. The van der Waals surface area contributed by atoms with Crippen molar-refractivity contribution in [2.75, 3.05) is 0 Å². The van der Waals surface area contributed by atoms with Gasteiger partial charge in [-0.3, -0.25) is 0 Å². The predicted molar refractivity (Wildman–Crippen MR) is 81.7 cm³/mol. The molecule has 1 nitrogen and oxygen atoms in total. The van der Waals surface area contributed by atoms with Crippen molar-refractivity contribution in [2.45, 2.75) is 96.9 Å². The van der Waals surface area contributed by atoms with E-state index >= 15 is 0 Å². The zero-order chi connectivity index (χ0) is 13.2. The Labute approximate surface area is 115 Å². The first-order valence-corrected chi connectivity index (χ1v) is 8.49. The smallest absolute Gasteiger partial charge is 0.00671 e. The molecule has 1 rings (SSSR count). The Balaban J connectivity index is 1.95. The van der Waals surface area contributed by atoms with Gasteiger partial charge in [0.25, 0.3) is 0 Å². The van der Waals surface area contributed by atoms with Gasteiger partial charge in [0.15, 0.2) is 0 Å². The summed E-state index contributed by atoms with van der Waals surface area (Å²) in [4.78, 5) is 0. The summed E-state index contributed by atoms with van der Waals surface area (Å²) in [7, 11) is 0. The predicted octanol–water partition coefficient (Wildman–Crippen LogP) is 5.28. The summed E-state index contributed by atoms with van der Waals surface area (Å²) in [6.07, 6.45) is 16.7. The summed E-state index contributed by atoms with van der Waals surface area (Å²) in [5.41, 5.74) is 6.36. The lowest BCUT2D eigenvalue weighted by molar-refractivity contribution is 0.245. The van der Waals surface area contributed by atoms with Gasteiger partial charge >= 0.3 is 0 Å². The van der Waals surface area contributed by atoms with Gasteiger partial charge in [0.2, 0.25) is 0 Å².